The van der Waals surface area contributed by atoms with Crippen molar-refractivity contribution < 1.29 is 33.3 Å². The first kappa shape index (κ1) is 23.1. The number of alkyl halides is 2. The van der Waals surface area contributed by atoms with E-state index in [9.17, 15) is 23.5 Å². The first-order valence-electron chi connectivity index (χ1n) is 8.57. The number of aliphatic carboxylic acids is 1. The topological polar surface area (TPSA) is 83.8 Å². The summed E-state index contributed by atoms with van der Waals surface area (Å²) in [6, 6.07) is 12.0. The number of hydrogen-bond acceptors (Lipinski definition) is 4. The fraction of sp³-hybridized carbons (Fsp3) is 0.300. The molecule has 0 aliphatic carbocycles. The van der Waals surface area contributed by atoms with Crippen LogP contribution in [0.3, 0.4) is 0 Å². The van der Waals surface area contributed by atoms with Crippen molar-refractivity contribution in [1.82, 2.24) is 0 Å². The van der Waals surface area contributed by atoms with Gasteiger partial charge in [0.25, 0.3) is 0 Å². The second-order valence-electron chi connectivity index (χ2n) is 6.30. The van der Waals surface area contributed by atoms with Gasteiger partial charge in [-0.15, -0.1) is 0 Å². The van der Waals surface area contributed by atoms with E-state index in [1.807, 2.05) is 30.3 Å². The highest BCUT2D eigenvalue weighted by molar-refractivity contribution is 6.35. The number of Topliss-reactive ketones (excluding diaryl/α,β-unsaturated/α-hetero) is 1. The minimum atomic E-state index is -4.19. The molecular formula is C20H18Cl2F2O5. The molecule has 0 amide bonds. The molecule has 9 heteroatoms. The predicted octanol–water partition coefficient (Wildman–Crippen LogP) is 4.55. The summed E-state index contributed by atoms with van der Waals surface area (Å²) in [5, 5.41) is 18.3. The Morgan fingerprint density at radius 3 is 2.41 bits per heavy atom. The minimum absolute atomic E-state index is 0.141. The van der Waals surface area contributed by atoms with Crippen LogP contribution in [0.2, 0.25) is 10.0 Å². The monoisotopic (exact) mass is 446 g/mol. The summed E-state index contributed by atoms with van der Waals surface area (Å²) in [5.74, 6) is -7.18. The number of aliphatic hydroxyl groups excluding tert-OH is 1. The molecule has 0 bridgehead atoms. The van der Waals surface area contributed by atoms with Gasteiger partial charge in [0.05, 0.1) is 6.42 Å². The highest BCUT2D eigenvalue weighted by atomic mass is 35.5. The van der Waals surface area contributed by atoms with Crippen molar-refractivity contribution in [3.63, 3.8) is 0 Å². The predicted molar refractivity (Wildman–Crippen MR) is 104 cm³/mol. The maximum Gasteiger partial charge on any atom is 0.331 e. The molecule has 2 aromatic carbocycles. The third-order valence-electron chi connectivity index (χ3n) is 4.12. The number of halogens is 4. The van der Waals surface area contributed by atoms with Crippen molar-refractivity contribution in [3.05, 3.63) is 63.6 Å². The maximum absolute atomic E-state index is 14.0. The first-order chi connectivity index (χ1) is 13.6. The standard InChI is InChI=1S/C20H18Cl2F2O5/c21-13-8-15(22)14(16(9-13)29-11-12-4-2-1-3-5-12)6-7-17(25)20(23,24)18(26)10-19(27)28/h1-5,8-9,18,26H,6-7,10-11H2,(H,27,28)/t18-/m1/s1. The van der Waals surface area contributed by atoms with E-state index in [2.05, 4.69) is 0 Å². The van der Waals surface area contributed by atoms with Crippen molar-refractivity contribution in [2.45, 2.75) is 37.9 Å². The molecule has 2 aromatic rings. The Bertz CT molecular complexity index is 875. The molecular weight excluding hydrogens is 429 g/mol. The van der Waals surface area contributed by atoms with Gasteiger partial charge in [0.15, 0.2) is 0 Å². The SMILES string of the molecule is O=C(O)C[C@@H](O)C(F)(F)C(=O)CCc1c(Cl)cc(Cl)cc1OCc1ccccc1. The van der Waals surface area contributed by atoms with Crippen LogP contribution in [0.5, 0.6) is 5.75 Å². The van der Waals surface area contributed by atoms with Crippen LogP contribution in [0.25, 0.3) is 0 Å². The molecule has 0 aliphatic rings. The number of rotatable bonds is 10. The van der Waals surface area contributed by atoms with Crippen LogP contribution in [-0.2, 0) is 22.6 Å². The van der Waals surface area contributed by atoms with Gasteiger partial charge >= 0.3 is 11.9 Å². The van der Waals surface area contributed by atoms with Crippen LogP contribution < -0.4 is 4.74 Å². The Labute approximate surface area is 175 Å². The Morgan fingerprint density at radius 1 is 1.14 bits per heavy atom. The lowest BCUT2D eigenvalue weighted by atomic mass is 9.99. The molecule has 29 heavy (non-hydrogen) atoms. The molecule has 1 atom stereocenters. The second kappa shape index (κ2) is 10.0. The van der Waals surface area contributed by atoms with Crippen molar-refractivity contribution >= 4 is 35.0 Å². The fourth-order valence-corrected chi connectivity index (χ4v) is 3.14. The molecule has 0 aliphatic heterocycles. The molecule has 0 saturated carbocycles. The Balaban J connectivity index is 2.13. The second-order valence-corrected chi connectivity index (χ2v) is 7.14. The summed E-state index contributed by atoms with van der Waals surface area (Å²) in [4.78, 5) is 22.4. The van der Waals surface area contributed by atoms with E-state index in [0.29, 0.717) is 5.56 Å². The first-order valence-corrected chi connectivity index (χ1v) is 9.32. The molecule has 0 saturated heterocycles. The van der Waals surface area contributed by atoms with Gasteiger partial charge in [-0.2, -0.15) is 8.78 Å². The summed E-state index contributed by atoms with van der Waals surface area (Å²) < 4.78 is 33.6. The fourth-order valence-electron chi connectivity index (χ4n) is 2.57. The summed E-state index contributed by atoms with van der Waals surface area (Å²) in [6.07, 6.45) is -4.73. The highest BCUT2D eigenvalue weighted by Crippen LogP contribution is 2.34. The van der Waals surface area contributed by atoms with E-state index in [4.69, 9.17) is 33.0 Å². The summed E-state index contributed by atoms with van der Waals surface area (Å²) in [7, 11) is 0. The number of carboxylic acid groups (broad SMARTS) is 1. The van der Waals surface area contributed by atoms with E-state index < -0.39 is 36.6 Å². The molecule has 0 fully saturated rings. The number of carbonyl (C=O) groups excluding carboxylic acids is 1. The van der Waals surface area contributed by atoms with Gasteiger partial charge in [-0.05, 0) is 24.1 Å². The number of hydrogen-bond donors (Lipinski definition) is 2. The van der Waals surface area contributed by atoms with Crippen LogP contribution in [0.15, 0.2) is 42.5 Å². The third-order valence-corrected chi connectivity index (χ3v) is 4.67. The highest BCUT2D eigenvalue weighted by Gasteiger charge is 2.46. The van der Waals surface area contributed by atoms with Gasteiger partial charge in [0.1, 0.15) is 18.5 Å². The molecule has 0 unspecified atom stereocenters. The summed E-state index contributed by atoms with van der Waals surface area (Å²) in [6.45, 7) is 0.173. The van der Waals surface area contributed by atoms with Crippen molar-refractivity contribution in [3.8, 4) is 5.75 Å². The Kier molecular flexibility index (Phi) is 7.96. The molecule has 156 valence electrons. The number of ketones is 1. The van der Waals surface area contributed by atoms with Crippen LogP contribution in [0.4, 0.5) is 8.78 Å². The molecule has 0 aromatic heterocycles. The molecule has 5 nitrogen and oxygen atoms in total. The van der Waals surface area contributed by atoms with E-state index in [-0.39, 0.29) is 28.8 Å². The van der Waals surface area contributed by atoms with E-state index in [1.165, 1.54) is 12.1 Å². The normalized spacial score (nSPS) is 12.4. The number of aliphatic hydroxyl groups is 1. The Morgan fingerprint density at radius 2 is 1.79 bits per heavy atom. The smallest absolute Gasteiger partial charge is 0.331 e. The van der Waals surface area contributed by atoms with E-state index in [1.54, 1.807) is 0 Å². The van der Waals surface area contributed by atoms with Gasteiger partial charge in [-0.3, -0.25) is 9.59 Å². The molecule has 2 rings (SSSR count). The van der Waals surface area contributed by atoms with E-state index >= 15 is 0 Å². The van der Waals surface area contributed by atoms with Crippen LogP contribution in [-0.4, -0.2) is 34.0 Å². The zero-order valence-electron chi connectivity index (χ0n) is 15.1. The quantitative estimate of drug-likeness (QED) is 0.559. The number of carboxylic acids is 1. The van der Waals surface area contributed by atoms with Crippen molar-refractivity contribution in [1.29, 1.82) is 0 Å². The number of carbonyl (C=O) groups is 2. The lowest BCUT2D eigenvalue weighted by Crippen LogP contribution is -2.42. The summed E-state index contributed by atoms with van der Waals surface area (Å²) in [5.41, 5.74) is 1.16. The van der Waals surface area contributed by atoms with Crippen LogP contribution in [0, 0.1) is 0 Å². The Hall–Kier alpha value is -2.22. The lowest BCUT2D eigenvalue weighted by molar-refractivity contribution is -0.166. The number of ether oxygens (including phenoxy) is 1. The van der Waals surface area contributed by atoms with Crippen molar-refractivity contribution in [2.24, 2.45) is 0 Å². The van der Waals surface area contributed by atoms with Crippen molar-refractivity contribution in [2.75, 3.05) is 0 Å². The molecule has 0 radical (unpaired) electrons. The summed E-state index contributed by atoms with van der Waals surface area (Å²) >= 11 is 12.1. The minimum Gasteiger partial charge on any atom is -0.489 e. The molecule has 2 N–H and O–H groups in total. The average molecular weight is 447 g/mol. The zero-order valence-corrected chi connectivity index (χ0v) is 16.6. The van der Waals surface area contributed by atoms with Crippen LogP contribution >= 0.6 is 23.2 Å². The number of benzene rings is 2. The molecule has 0 spiro atoms. The van der Waals surface area contributed by atoms with Gasteiger partial charge in [0.2, 0.25) is 5.78 Å². The van der Waals surface area contributed by atoms with Gasteiger partial charge in [-0.25, -0.2) is 0 Å². The zero-order chi connectivity index (χ0) is 21.6. The maximum atomic E-state index is 14.0. The van der Waals surface area contributed by atoms with Crippen LogP contribution in [0.1, 0.15) is 24.0 Å². The van der Waals surface area contributed by atoms with E-state index in [0.717, 1.165) is 5.56 Å². The largest absolute Gasteiger partial charge is 0.489 e. The van der Waals surface area contributed by atoms with Gasteiger partial charge in [-0.1, -0.05) is 53.5 Å². The average Bonchev–Trinajstić information content (AvgIpc) is 2.65. The van der Waals surface area contributed by atoms with Gasteiger partial charge in [0, 0.05) is 22.0 Å². The molecule has 0 heterocycles. The third kappa shape index (κ3) is 6.39. The van der Waals surface area contributed by atoms with Gasteiger partial charge < -0.3 is 14.9 Å². The lowest BCUT2D eigenvalue weighted by Gasteiger charge is -2.20.